The van der Waals surface area contributed by atoms with Gasteiger partial charge < -0.3 is 9.47 Å². The van der Waals surface area contributed by atoms with E-state index in [2.05, 4.69) is 240 Å². The van der Waals surface area contributed by atoms with Crippen molar-refractivity contribution in [1.82, 2.24) is 4.57 Å². The fourth-order valence-electron chi connectivity index (χ4n) is 8.23. The second-order valence-corrected chi connectivity index (χ2v) is 14.1. The molecular weight excluding hydrogens is 677 g/mol. The smallest absolute Gasteiger partial charge is 0.0562 e. The minimum Gasteiger partial charge on any atom is -0.309 e. The first kappa shape index (κ1) is 33.2. The third-order valence-electron chi connectivity index (χ3n) is 10.8. The van der Waals surface area contributed by atoms with Crippen LogP contribution in [-0.4, -0.2) is 4.57 Å². The van der Waals surface area contributed by atoms with Crippen molar-refractivity contribution in [1.29, 1.82) is 0 Å². The lowest BCUT2D eigenvalue weighted by Gasteiger charge is -2.29. The van der Waals surface area contributed by atoms with Gasteiger partial charge >= 0.3 is 0 Å². The minimum absolute atomic E-state index is 1.10. The van der Waals surface area contributed by atoms with Crippen LogP contribution in [0.3, 0.4) is 0 Å². The summed E-state index contributed by atoms with van der Waals surface area (Å²) in [6.07, 6.45) is 0. The fourth-order valence-corrected chi connectivity index (χ4v) is 8.23. The monoisotopic (exact) mass is 714 g/mol. The zero-order chi connectivity index (χ0) is 37.3. The van der Waals surface area contributed by atoms with Gasteiger partial charge in [0.1, 0.15) is 0 Å². The molecule has 0 aliphatic carbocycles. The van der Waals surface area contributed by atoms with E-state index in [0.29, 0.717) is 0 Å². The third kappa shape index (κ3) is 5.95. The van der Waals surface area contributed by atoms with E-state index in [-0.39, 0.29) is 0 Å². The predicted molar refractivity (Wildman–Crippen MR) is 237 cm³/mol. The normalized spacial score (nSPS) is 11.2. The molecule has 1 aromatic heterocycles. The van der Waals surface area contributed by atoms with Gasteiger partial charge in [0, 0.05) is 27.6 Å². The van der Waals surface area contributed by atoms with Crippen LogP contribution in [0.5, 0.6) is 0 Å². The van der Waals surface area contributed by atoms with Crippen LogP contribution in [-0.2, 0) is 0 Å². The second-order valence-electron chi connectivity index (χ2n) is 14.1. The molecule has 0 N–H and O–H groups in total. The van der Waals surface area contributed by atoms with Crippen LogP contribution in [0.25, 0.3) is 72.0 Å². The summed E-state index contributed by atoms with van der Waals surface area (Å²) in [6, 6.07) is 83.0. The van der Waals surface area contributed by atoms with Crippen molar-refractivity contribution in [3.63, 3.8) is 0 Å². The highest BCUT2D eigenvalue weighted by atomic mass is 15.2. The molecule has 10 rings (SSSR count). The van der Waals surface area contributed by atoms with Crippen LogP contribution >= 0.6 is 0 Å². The molecule has 56 heavy (non-hydrogen) atoms. The van der Waals surface area contributed by atoms with Crippen molar-refractivity contribution in [2.24, 2.45) is 0 Å². The molecule has 0 radical (unpaired) electrons. The molecule has 0 aliphatic rings. The van der Waals surface area contributed by atoms with Crippen molar-refractivity contribution in [3.8, 4) is 50.2 Å². The quantitative estimate of drug-likeness (QED) is 0.152. The van der Waals surface area contributed by atoms with Crippen molar-refractivity contribution in [2.45, 2.75) is 0 Å². The van der Waals surface area contributed by atoms with Gasteiger partial charge in [0.15, 0.2) is 0 Å². The Kier molecular flexibility index (Phi) is 8.55. The summed E-state index contributed by atoms with van der Waals surface area (Å²) in [5, 5.41) is 2.41. The van der Waals surface area contributed by atoms with E-state index < -0.39 is 0 Å². The highest BCUT2D eigenvalue weighted by Crippen LogP contribution is 2.47. The number of rotatable bonds is 8. The topological polar surface area (TPSA) is 8.17 Å². The molecule has 10 aromatic rings. The summed E-state index contributed by atoms with van der Waals surface area (Å²) in [4.78, 5) is 2.44. The van der Waals surface area contributed by atoms with Crippen molar-refractivity contribution >= 4 is 38.9 Å². The van der Waals surface area contributed by atoms with Crippen LogP contribution in [0.1, 0.15) is 0 Å². The number of hydrogen-bond donors (Lipinski definition) is 0. The first-order valence-electron chi connectivity index (χ1n) is 19.2. The van der Waals surface area contributed by atoms with Gasteiger partial charge in [0.05, 0.1) is 28.1 Å². The molecule has 2 heteroatoms. The Hall–Kier alpha value is -7.42. The molecular formula is C54H38N2. The van der Waals surface area contributed by atoms with Crippen LogP contribution in [0.15, 0.2) is 231 Å². The second kappa shape index (κ2) is 14.4. The van der Waals surface area contributed by atoms with Gasteiger partial charge in [-0.1, -0.05) is 182 Å². The van der Waals surface area contributed by atoms with E-state index in [1.807, 2.05) is 0 Å². The summed E-state index contributed by atoms with van der Waals surface area (Å²) in [5.41, 5.74) is 16.3. The zero-order valence-corrected chi connectivity index (χ0v) is 30.8. The van der Waals surface area contributed by atoms with Crippen molar-refractivity contribution in [3.05, 3.63) is 231 Å². The average Bonchev–Trinajstić information content (AvgIpc) is 3.63. The Bertz CT molecular complexity index is 2940. The number of aromatic nitrogens is 1. The predicted octanol–water partition coefficient (Wildman–Crippen LogP) is 14.9. The molecule has 264 valence electrons. The molecule has 0 bridgehead atoms. The Balaban J connectivity index is 1.18. The van der Waals surface area contributed by atoms with E-state index >= 15 is 0 Å². The molecule has 1 heterocycles. The van der Waals surface area contributed by atoms with E-state index in [1.165, 1.54) is 60.8 Å². The first-order chi connectivity index (χ1) is 27.8. The number of para-hydroxylation sites is 4. The van der Waals surface area contributed by atoms with Gasteiger partial charge in [-0.05, 0) is 81.9 Å². The lowest BCUT2D eigenvalue weighted by Crippen LogP contribution is -2.11. The van der Waals surface area contributed by atoms with Crippen molar-refractivity contribution < 1.29 is 0 Å². The summed E-state index contributed by atoms with van der Waals surface area (Å²) >= 11 is 0. The SMILES string of the molecule is c1ccc(-c2ccc(-c3ccccc3-n3c4ccccc4c4c(N(c5ccccc5)c5ccccc5-c5cccc(-c6ccccc6)c5)cccc43)cc2)cc1. The van der Waals surface area contributed by atoms with Gasteiger partial charge in [-0.15, -0.1) is 0 Å². The molecule has 0 atom stereocenters. The van der Waals surface area contributed by atoms with E-state index in [9.17, 15) is 0 Å². The Morgan fingerprint density at radius 1 is 0.304 bits per heavy atom. The number of nitrogens with zero attached hydrogens (tertiary/aromatic N) is 2. The molecule has 0 spiro atoms. The van der Waals surface area contributed by atoms with Crippen LogP contribution < -0.4 is 4.90 Å². The lowest BCUT2D eigenvalue weighted by molar-refractivity contribution is 1.18. The van der Waals surface area contributed by atoms with E-state index in [1.54, 1.807) is 0 Å². The maximum Gasteiger partial charge on any atom is 0.0562 e. The number of benzene rings is 9. The Morgan fingerprint density at radius 3 is 1.57 bits per heavy atom. The summed E-state index contributed by atoms with van der Waals surface area (Å²) in [5.74, 6) is 0. The molecule has 2 nitrogen and oxygen atoms in total. The van der Waals surface area contributed by atoms with Crippen LogP contribution in [0, 0.1) is 0 Å². The standard InChI is InChI=1S/C54H38N2/c1-4-18-39(19-5-1)41-34-36-42(37-35-41)46-26-10-14-30-50(46)56-51-31-15-12-28-48(51)54-52(32-17-33-53(54)56)55(45-24-8-3-9-25-45)49-29-13-11-27-47(49)44-23-16-22-43(38-44)40-20-6-2-7-21-40/h1-38H. The van der Waals surface area contributed by atoms with E-state index in [0.717, 1.165) is 28.3 Å². The van der Waals surface area contributed by atoms with Crippen LogP contribution in [0.2, 0.25) is 0 Å². The third-order valence-corrected chi connectivity index (χ3v) is 10.8. The van der Waals surface area contributed by atoms with Crippen LogP contribution in [0.4, 0.5) is 17.1 Å². The van der Waals surface area contributed by atoms with Gasteiger partial charge in [0.25, 0.3) is 0 Å². The van der Waals surface area contributed by atoms with Gasteiger partial charge in [-0.3, -0.25) is 0 Å². The van der Waals surface area contributed by atoms with E-state index in [4.69, 9.17) is 0 Å². The largest absolute Gasteiger partial charge is 0.309 e. The molecule has 0 aliphatic heterocycles. The minimum atomic E-state index is 1.10. The Morgan fingerprint density at radius 2 is 0.804 bits per heavy atom. The maximum absolute atomic E-state index is 2.45. The average molecular weight is 715 g/mol. The molecule has 9 aromatic carbocycles. The van der Waals surface area contributed by atoms with Gasteiger partial charge in [-0.2, -0.15) is 0 Å². The maximum atomic E-state index is 2.45. The molecule has 0 saturated heterocycles. The Labute approximate surface area is 327 Å². The first-order valence-corrected chi connectivity index (χ1v) is 19.2. The molecule has 0 amide bonds. The van der Waals surface area contributed by atoms with Crippen molar-refractivity contribution in [2.75, 3.05) is 4.90 Å². The lowest BCUT2D eigenvalue weighted by atomic mass is 9.97. The number of anilines is 3. The summed E-state index contributed by atoms with van der Waals surface area (Å²) < 4.78 is 2.45. The number of fused-ring (bicyclic) bond motifs is 3. The molecule has 0 saturated carbocycles. The fraction of sp³-hybridized carbons (Fsp3) is 0. The zero-order valence-electron chi connectivity index (χ0n) is 30.8. The highest BCUT2D eigenvalue weighted by Gasteiger charge is 2.23. The highest BCUT2D eigenvalue weighted by molar-refractivity contribution is 6.17. The molecule has 0 unspecified atom stereocenters. The number of hydrogen-bond acceptors (Lipinski definition) is 1. The molecule has 0 fully saturated rings. The van der Waals surface area contributed by atoms with Gasteiger partial charge in [0.2, 0.25) is 0 Å². The van der Waals surface area contributed by atoms with Gasteiger partial charge in [-0.25, -0.2) is 0 Å². The summed E-state index contributed by atoms with van der Waals surface area (Å²) in [7, 11) is 0. The summed E-state index contributed by atoms with van der Waals surface area (Å²) in [6.45, 7) is 0.